The molecule has 0 saturated carbocycles. The van der Waals surface area contributed by atoms with E-state index in [1.54, 1.807) is 19.2 Å². The highest BCUT2D eigenvalue weighted by molar-refractivity contribution is 5.30. The third-order valence-corrected chi connectivity index (χ3v) is 3.11. The van der Waals surface area contributed by atoms with Gasteiger partial charge in [-0.2, -0.15) is 0 Å². The van der Waals surface area contributed by atoms with Crippen molar-refractivity contribution in [3.8, 4) is 5.75 Å². The molecule has 4 N–H and O–H groups in total. The molecule has 1 heterocycles. The molecular formula is C12H17NO4. The first-order chi connectivity index (χ1) is 8.13. The van der Waals surface area contributed by atoms with E-state index < -0.39 is 18.3 Å². The molecule has 1 aliphatic rings. The van der Waals surface area contributed by atoms with Crippen LogP contribution in [0.1, 0.15) is 11.6 Å². The van der Waals surface area contributed by atoms with Gasteiger partial charge in [-0.15, -0.1) is 0 Å². The monoisotopic (exact) mass is 239 g/mol. The zero-order valence-corrected chi connectivity index (χ0v) is 9.58. The number of methoxy groups -OCH3 is 1. The second-order valence-corrected chi connectivity index (χ2v) is 4.21. The zero-order chi connectivity index (χ0) is 12.4. The van der Waals surface area contributed by atoms with Crippen molar-refractivity contribution in [3.63, 3.8) is 0 Å². The molecule has 1 fully saturated rings. The number of ether oxygens (including phenoxy) is 1. The summed E-state index contributed by atoms with van der Waals surface area (Å²) in [7, 11) is 1.59. The quantitative estimate of drug-likeness (QED) is 0.555. The average Bonchev–Trinajstić information content (AvgIpc) is 2.36. The second-order valence-electron chi connectivity index (χ2n) is 4.21. The number of benzene rings is 1. The van der Waals surface area contributed by atoms with Gasteiger partial charge in [0, 0.05) is 6.54 Å². The summed E-state index contributed by atoms with van der Waals surface area (Å²) in [6, 6.07) is 6.86. The molecular weight excluding hydrogens is 222 g/mol. The van der Waals surface area contributed by atoms with Gasteiger partial charge in [-0.05, 0) is 17.7 Å². The maximum Gasteiger partial charge on any atom is 0.118 e. The SMILES string of the molecule is COc1ccc([C@@H]2NC[C@H](O)[C@H](O)[C@H]2O)cc1. The van der Waals surface area contributed by atoms with Crippen LogP contribution in [-0.4, -0.2) is 47.3 Å². The Labute approximate surface area is 99.7 Å². The van der Waals surface area contributed by atoms with Gasteiger partial charge in [-0.1, -0.05) is 12.1 Å². The Morgan fingerprint density at radius 3 is 2.35 bits per heavy atom. The van der Waals surface area contributed by atoms with Gasteiger partial charge in [-0.25, -0.2) is 0 Å². The molecule has 0 bridgehead atoms. The van der Waals surface area contributed by atoms with Crippen LogP contribution in [0.2, 0.25) is 0 Å². The van der Waals surface area contributed by atoms with Crippen LogP contribution in [0.15, 0.2) is 24.3 Å². The van der Waals surface area contributed by atoms with E-state index in [-0.39, 0.29) is 12.6 Å². The predicted octanol–water partition coefficient (Wildman–Crippen LogP) is -0.578. The van der Waals surface area contributed by atoms with E-state index in [2.05, 4.69) is 5.32 Å². The van der Waals surface area contributed by atoms with Crippen molar-refractivity contribution >= 4 is 0 Å². The van der Waals surface area contributed by atoms with E-state index in [4.69, 9.17) is 4.74 Å². The van der Waals surface area contributed by atoms with Gasteiger partial charge in [0.15, 0.2) is 0 Å². The first-order valence-corrected chi connectivity index (χ1v) is 5.55. The molecule has 1 aliphatic heterocycles. The molecule has 4 atom stereocenters. The summed E-state index contributed by atoms with van der Waals surface area (Å²) in [4.78, 5) is 0. The van der Waals surface area contributed by atoms with Crippen LogP contribution in [0.4, 0.5) is 0 Å². The molecule has 0 aliphatic carbocycles. The minimum absolute atomic E-state index is 0.259. The largest absolute Gasteiger partial charge is 0.497 e. The van der Waals surface area contributed by atoms with E-state index >= 15 is 0 Å². The van der Waals surface area contributed by atoms with Crippen LogP contribution in [0, 0.1) is 0 Å². The Hall–Kier alpha value is -1.14. The summed E-state index contributed by atoms with van der Waals surface area (Å²) in [5.41, 5.74) is 0.851. The Bertz CT molecular complexity index is 367. The molecule has 0 radical (unpaired) electrons. The number of β-amino-alcohol motifs (C(OH)–C–C–N with tert-alkyl or cyclic N) is 1. The van der Waals surface area contributed by atoms with Crippen LogP contribution >= 0.6 is 0 Å². The van der Waals surface area contributed by atoms with Gasteiger partial charge in [-0.3, -0.25) is 0 Å². The molecule has 1 saturated heterocycles. The third kappa shape index (κ3) is 2.42. The molecule has 2 rings (SSSR count). The highest BCUT2D eigenvalue weighted by atomic mass is 16.5. The number of hydrogen-bond donors (Lipinski definition) is 4. The van der Waals surface area contributed by atoms with Gasteiger partial charge in [0.05, 0.1) is 19.3 Å². The lowest BCUT2D eigenvalue weighted by molar-refractivity contribution is -0.0949. The molecule has 5 nitrogen and oxygen atoms in total. The predicted molar refractivity (Wildman–Crippen MR) is 61.8 cm³/mol. The summed E-state index contributed by atoms with van der Waals surface area (Å²) in [5.74, 6) is 0.736. The normalized spacial score (nSPS) is 33.4. The van der Waals surface area contributed by atoms with Crippen LogP contribution in [0.3, 0.4) is 0 Å². The lowest BCUT2D eigenvalue weighted by atomic mass is 9.91. The van der Waals surface area contributed by atoms with Crippen molar-refractivity contribution in [2.24, 2.45) is 0 Å². The summed E-state index contributed by atoms with van der Waals surface area (Å²) >= 11 is 0. The summed E-state index contributed by atoms with van der Waals surface area (Å²) in [5, 5.41) is 31.9. The smallest absolute Gasteiger partial charge is 0.118 e. The number of piperidine rings is 1. The third-order valence-electron chi connectivity index (χ3n) is 3.11. The number of aliphatic hydroxyl groups excluding tert-OH is 3. The van der Waals surface area contributed by atoms with E-state index in [9.17, 15) is 15.3 Å². The lowest BCUT2D eigenvalue weighted by Crippen LogP contribution is -2.55. The number of rotatable bonds is 2. The van der Waals surface area contributed by atoms with Crippen LogP contribution < -0.4 is 10.1 Å². The second kappa shape index (κ2) is 5.01. The fourth-order valence-electron chi connectivity index (χ4n) is 2.04. The Morgan fingerprint density at radius 1 is 1.12 bits per heavy atom. The van der Waals surface area contributed by atoms with Crippen molar-refractivity contribution in [2.75, 3.05) is 13.7 Å². The minimum Gasteiger partial charge on any atom is -0.497 e. The molecule has 0 spiro atoms. The van der Waals surface area contributed by atoms with Crippen molar-refractivity contribution in [3.05, 3.63) is 29.8 Å². The van der Waals surface area contributed by atoms with Crippen molar-refractivity contribution in [1.82, 2.24) is 5.32 Å². The molecule has 1 aromatic rings. The Morgan fingerprint density at radius 2 is 1.76 bits per heavy atom. The summed E-state index contributed by atoms with van der Waals surface area (Å²) < 4.78 is 5.05. The molecule has 17 heavy (non-hydrogen) atoms. The van der Waals surface area contributed by atoms with Gasteiger partial charge < -0.3 is 25.4 Å². The Balaban J connectivity index is 2.16. The zero-order valence-electron chi connectivity index (χ0n) is 9.58. The van der Waals surface area contributed by atoms with E-state index in [0.717, 1.165) is 11.3 Å². The number of hydrogen-bond acceptors (Lipinski definition) is 5. The topological polar surface area (TPSA) is 82.0 Å². The maximum absolute atomic E-state index is 9.88. The van der Waals surface area contributed by atoms with E-state index in [1.807, 2.05) is 12.1 Å². The highest BCUT2D eigenvalue weighted by Gasteiger charge is 2.36. The molecule has 0 amide bonds. The standard InChI is InChI=1S/C12H17NO4/c1-17-8-4-2-7(3-5-8)10-12(16)11(15)9(14)6-13-10/h2-5,9-16H,6H2,1H3/t9-,10-,11-,12-/m0/s1. The number of aliphatic hydroxyl groups is 3. The molecule has 1 aromatic carbocycles. The highest BCUT2D eigenvalue weighted by Crippen LogP contribution is 2.25. The van der Waals surface area contributed by atoms with Gasteiger partial charge in [0.2, 0.25) is 0 Å². The van der Waals surface area contributed by atoms with Gasteiger partial charge in [0.25, 0.3) is 0 Å². The number of nitrogens with one attached hydrogen (secondary N) is 1. The van der Waals surface area contributed by atoms with Crippen LogP contribution in [-0.2, 0) is 0 Å². The fourth-order valence-corrected chi connectivity index (χ4v) is 2.04. The molecule has 0 unspecified atom stereocenters. The first kappa shape index (κ1) is 12.3. The Kier molecular flexibility index (Phi) is 3.63. The lowest BCUT2D eigenvalue weighted by Gasteiger charge is -2.36. The summed E-state index contributed by atoms with van der Waals surface area (Å²) in [6.07, 6.45) is -3.07. The molecule has 5 heteroatoms. The van der Waals surface area contributed by atoms with Crippen molar-refractivity contribution in [2.45, 2.75) is 24.4 Å². The average molecular weight is 239 g/mol. The van der Waals surface area contributed by atoms with E-state index in [1.165, 1.54) is 0 Å². The van der Waals surface area contributed by atoms with Gasteiger partial charge in [0.1, 0.15) is 18.0 Å². The first-order valence-electron chi connectivity index (χ1n) is 5.55. The van der Waals surface area contributed by atoms with Crippen molar-refractivity contribution < 1.29 is 20.1 Å². The molecule has 94 valence electrons. The van der Waals surface area contributed by atoms with Crippen LogP contribution in [0.5, 0.6) is 5.75 Å². The fraction of sp³-hybridized carbons (Fsp3) is 0.500. The molecule has 0 aromatic heterocycles. The summed E-state index contributed by atoms with van der Waals surface area (Å²) in [6.45, 7) is 0.259. The van der Waals surface area contributed by atoms with Gasteiger partial charge >= 0.3 is 0 Å². The maximum atomic E-state index is 9.88. The van der Waals surface area contributed by atoms with E-state index in [0.29, 0.717) is 0 Å². The van der Waals surface area contributed by atoms with Crippen LogP contribution in [0.25, 0.3) is 0 Å². The minimum atomic E-state index is -1.12. The van der Waals surface area contributed by atoms with Crippen molar-refractivity contribution in [1.29, 1.82) is 0 Å².